The number of aromatic nitrogens is 1. The highest BCUT2D eigenvalue weighted by atomic mass is 16.5. The van der Waals surface area contributed by atoms with Crippen molar-refractivity contribution >= 4 is 6.03 Å². The van der Waals surface area contributed by atoms with Gasteiger partial charge < -0.3 is 15.4 Å². The molecule has 0 saturated heterocycles. The number of ether oxygens (including phenoxy) is 1. The van der Waals surface area contributed by atoms with Crippen molar-refractivity contribution < 1.29 is 9.53 Å². The second kappa shape index (κ2) is 7.28. The fraction of sp³-hybridized carbons (Fsp3) is 0.250. The third-order valence-electron chi connectivity index (χ3n) is 3.14. The summed E-state index contributed by atoms with van der Waals surface area (Å²) >= 11 is 0. The van der Waals surface area contributed by atoms with Crippen LogP contribution in [-0.2, 0) is 6.54 Å². The molecule has 0 spiro atoms. The number of carbonyl (C=O) groups excluding carboxylic acids is 1. The third-order valence-corrected chi connectivity index (χ3v) is 3.14. The van der Waals surface area contributed by atoms with Gasteiger partial charge >= 0.3 is 6.03 Å². The largest absolute Gasteiger partial charge is 0.497 e. The van der Waals surface area contributed by atoms with Gasteiger partial charge in [0.1, 0.15) is 5.75 Å². The summed E-state index contributed by atoms with van der Waals surface area (Å²) in [5, 5.41) is 5.70. The minimum absolute atomic E-state index is 0.0884. The molecule has 0 bridgehead atoms. The predicted molar refractivity (Wildman–Crippen MR) is 81.0 cm³/mol. The second-order valence-corrected chi connectivity index (χ2v) is 4.68. The lowest BCUT2D eigenvalue weighted by Crippen LogP contribution is -2.36. The maximum Gasteiger partial charge on any atom is 0.315 e. The minimum atomic E-state index is -0.206. The van der Waals surface area contributed by atoms with E-state index < -0.39 is 0 Å². The number of carbonyl (C=O) groups is 1. The molecule has 0 saturated carbocycles. The van der Waals surface area contributed by atoms with Gasteiger partial charge in [-0.1, -0.05) is 18.2 Å². The van der Waals surface area contributed by atoms with E-state index in [4.69, 9.17) is 4.74 Å². The van der Waals surface area contributed by atoms with Crippen LogP contribution in [-0.4, -0.2) is 18.1 Å². The minimum Gasteiger partial charge on any atom is -0.497 e. The van der Waals surface area contributed by atoms with Gasteiger partial charge in [0.2, 0.25) is 0 Å². The third kappa shape index (κ3) is 4.49. The Morgan fingerprint density at radius 1 is 1.29 bits per heavy atom. The van der Waals surface area contributed by atoms with Crippen LogP contribution in [0.3, 0.4) is 0 Å². The van der Waals surface area contributed by atoms with E-state index in [2.05, 4.69) is 15.6 Å². The van der Waals surface area contributed by atoms with Crippen molar-refractivity contribution in [3.05, 3.63) is 59.9 Å². The van der Waals surface area contributed by atoms with E-state index in [1.807, 2.05) is 43.3 Å². The van der Waals surface area contributed by atoms with E-state index in [0.717, 1.165) is 16.9 Å². The number of hydrogen-bond acceptors (Lipinski definition) is 3. The molecule has 0 unspecified atom stereocenters. The van der Waals surface area contributed by atoms with Crippen LogP contribution in [0.2, 0.25) is 0 Å². The molecule has 110 valence electrons. The maximum absolute atomic E-state index is 11.9. The summed E-state index contributed by atoms with van der Waals surface area (Å²) in [5.74, 6) is 0.799. The smallest absolute Gasteiger partial charge is 0.315 e. The Morgan fingerprint density at radius 2 is 2.05 bits per heavy atom. The van der Waals surface area contributed by atoms with Gasteiger partial charge in [-0.25, -0.2) is 4.79 Å². The predicted octanol–water partition coefficient (Wildman–Crippen LogP) is 2.65. The van der Waals surface area contributed by atoms with Crippen LogP contribution in [0.4, 0.5) is 4.79 Å². The van der Waals surface area contributed by atoms with Crippen LogP contribution < -0.4 is 15.4 Å². The quantitative estimate of drug-likeness (QED) is 0.887. The van der Waals surface area contributed by atoms with Gasteiger partial charge in [0.05, 0.1) is 13.2 Å². The fourth-order valence-corrected chi connectivity index (χ4v) is 1.89. The van der Waals surface area contributed by atoms with Crippen LogP contribution in [0.5, 0.6) is 5.75 Å². The summed E-state index contributed by atoms with van der Waals surface area (Å²) in [4.78, 5) is 15.9. The Bertz CT molecular complexity index is 570. The zero-order valence-corrected chi connectivity index (χ0v) is 12.2. The highest BCUT2D eigenvalue weighted by Crippen LogP contribution is 2.11. The lowest BCUT2D eigenvalue weighted by molar-refractivity contribution is 0.237. The SMILES string of the molecule is COc1ccc(CNC(=O)N[C@@H](C)c2cccnc2)cc1. The molecule has 2 aromatic rings. The van der Waals surface area contributed by atoms with Crippen molar-refractivity contribution in [2.24, 2.45) is 0 Å². The van der Waals surface area contributed by atoms with Crippen LogP contribution in [0, 0.1) is 0 Å². The zero-order chi connectivity index (χ0) is 15.1. The molecule has 0 aliphatic heterocycles. The summed E-state index contributed by atoms with van der Waals surface area (Å²) in [7, 11) is 1.63. The molecule has 1 atom stereocenters. The molecule has 0 aliphatic rings. The normalized spacial score (nSPS) is 11.5. The molecule has 21 heavy (non-hydrogen) atoms. The van der Waals surface area contributed by atoms with Gasteiger partial charge in [0.25, 0.3) is 0 Å². The topological polar surface area (TPSA) is 63.2 Å². The standard InChI is InChI=1S/C16H19N3O2/c1-12(14-4-3-9-17-11-14)19-16(20)18-10-13-5-7-15(21-2)8-6-13/h3-9,11-12H,10H2,1-2H3,(H2,18,19,20)/t12-/m0/s1. The second-order valence-electron chi connectivity index (χ2n) is 4.68. The highest BCUT2D eigenvalue weighted by Gasteiger charge is 2.08. The number of methoxy groups -OCH3 is 1. The number of urea groups is 1. The molecule has 5 heteroatoms. The van der Waals surface area contributed by atoms with E-state index in [-0.39, 0.29) is 12.1 Å². The first kappa shape index (κ1) is 14.8. The van der Waals surface area contributed by atoms with Gasteiger partial charge in [-0.3, -0.25) is 4.98 Å². The lowest BCUT2D eigenvalue weighted by Gasteiger charge is -2.14. The average molecular weight is 285 g/mol. The van der Waals surface area contributed by atoms with Gasteiger partial charge in [0.15, 0.2) is 0 Å². The van der Waals surface area contributed by atoms with E-state index in [1.165, 1.54) is 0 Å². The number of pyridine rings is 1. The average Bonchev–Trinajstić information content (AvgIpc) is 2.54. The lowest BCUT2D eigenvalue weighted by atomic mass is 10.1. The number of nitrogens with zero attached hydrogens (tertiary/aromatic N) is 1. The monoisotopic (exact) mass is 285 g/mol. The van der Waals surface area contributed by atoms with Crippen LogP contribution >= 0.6 is 0 Å². The molecule has 0 fully saturated rings. The van der Waals surface area contributed by atoms with Gasteiger partial charge in [-0.05, 0) is 36.2 Å². The Labute approximate surface area is 124 Å². The zero-order valence-electron chi connectivity index (χ0n) is 12.2. The number of hydrogen-bond donors (Lipinski definition) is 2. The van der Waals surface area contributed by atoms with Crippen LogP contribution in [0.1, 0.15) is 24.1 Å². The fourth-order valence-electron chi connectivity index (χ4n) is 1.89. The van der Waals surface area contributed by atoms with Crippen LogP contribution in [0.25, 0.3) is 0 Å². The molecule has 0 aliphatic carbocycles. The Kier molecular flexibility index (Phi) is 5.15. The van der Waals surface area contributed by atoms with Gasteiger partial charge in [0, 0.05) is 18.9 Å². The molecule has 2 N–H and O–H groups in total. The number of benzene rings is 1. The van der Waals surface area contributed by atoms with E-state index in [0.29, 0.717) is 6.54 Å². The summed E-state index contributed by atoms with van der Waals surface area (Å²) in [6.07, 6.45) is 3.45. The van der Waals surface area contributed by atoms with Gasteiger partial charge in [-0.15, -0.1) is 0 Å². The van der Waals surface area contributed by atoms with Crippen LogP contribution in [0.15, 0.2) is 48.8 Å². The molecule has 5 nitrogen and oxygen atoms in total. The molecule has 1 heterocycles. The molecule has 2 amide bonds. The first-order chi connectivity index (χ1) is 10.2. The summed E-state index contributed by atoms with van der Waals surface area (Å²) in [5.41, 5.74) is 1.98. The van der Waals surface area contributed by atoms with E-state index in [9.17, 15) is 4.79 Å². The Hall–Kier alpha value is -2.56. The van der Waals surface area contributed by atoms with Gasteiger partial charge in [-0.2, -0.15) is 0 Å². The van der Waals surface area contributed by atoms with Crippen molar-refractivity contribution in [3.8, 4) is 5.75 Å². The summed E-state index contributed by atoms with van der Waals surface area (Å²) < 4.78 is 5.09. The Balaban J connectivity index is 1.81. The van der Waals surface area contributed by atoms with Crippen molar-refractivity contribution in [2.45, 2.75) is 19.5 Å². The highest BCUT2D eigenvalue weighted by molar-refractivity contribution is 5.74. The van der Waals surface area contributed by atoms with E-state index >= 15 is 0 Å². The van der Waals surface area contributed by atoms with E-state index in [1.54, 1.807) is 19.5 Å². The van der Waals surface area contributed by atoms with Crippen molar-refractivity contribution in [1.29, 1.82) is 0 Å². The van der Waals surface area contributed by atoms with Crippen molar-refractivity contribution in [2.75, 3.05) is 7.11 Å². The number of rotatable bonds is 5. The van der Waals surface area contributed by atoms with Crippen molar-refractivity contribution in [3.63, 3.8) is 0 Å². The number of nitrogens with one attached hydrogen (secondary N) is 2. The molecule has 2 rings (SSSR count). The molecule has 1 aromatic heterocycles. The molecule has 0 radical (unpaired) electrons. The number of amides is 2. The first-order valence-corrected chi connectivity index (χ1v) is 6.76. The summed E-state index contributed by atoms with van der Waals surface area (Å²) in [6, 6.07) is 11.1. The van der Waals surface area contributed by atoms with Crippen molar-refractivity contribution in [1.82, 2.24) is 15.6 Å². The molecule has 1 aromatic carbocycles. The summed E-state index contributed by atoms with van der Waals surface area (Å²) in [6.45, 7) is 2.39. The molecular formula is C16H19N3O2. The Morgan fingerprint density at radius 3 is 2.67 bits per heavy atom. The first-order valence-electron chi connectivity index (χ1n) is 6.76. The molecular weight excluding hydrogens is 266 g/mol. The maximum atomic E-state index is 11.9.